The van der Waals surface area contributed by atoms with Crippen molar-refractivity contribution in [2.24, 2.45) is 5.84 Å². The number of rotatable bonds is 4. The summed E-state index contributed by atoms with van der Waals surface area (Å²) in [5.41, 5.74) is 6.49. The third-order valence-corrected chi connectivity index (χ3v) is 4.02. The van der Waals surface area contributed by atoms with Gasteiger partial charge in [-0.2, -0.15) is 0 Å². The van der Waals surface area contributed by atoms with E-state index in [9.17, 15) is 0 Å². The van der Waals surface area contributed by atoms with E-state index in [-0.39, 0.29) is 6.04 Å². The molecule has 2 rings (SSSR count). The molecule has 2 nitrogen and oxygen atoms in total. The summed E-state index contributed by atoms with van der Waals surface area (Å²) in [6.07, 6.45) is 1.05. The molecule has 0 saturated carbocycles. The fourth-order valence-electron chi connectivity index (χ4n) is 2.07. The van der Waals surface area contributed by atoms with E-state index in [0.29, 0.717) is 0 Å². The summed E-state index contributed by atoms with van der Waals surface area (Å²) in [6, 6.07) is 14.7. The summed E-state index contributed by atoms with van der Waals surface area (Å²) in [4.78, 5) is 0. The van der Waals surface area contributed by atoms with E-state index in [2.05, 4.69) is 80.6 Å². The third-order valence-electron chi connectivity index (χ3n) is 3.11. The van der Waals surface area contributed by atoms with Gasteiger partial charge >= 0.3 is 0 Å². The highest BCUT2D eigenvalue weighted by molar-refractivity contribution is 9.11. The lowest BCUT2D eigenvalue weighted by molar-refractivity contribution is 0.636. The van der Waals surface area contributed by atoms with Crippen molar-refractivity contribution in [2.75, 3.05) is 0 Å². The fraction of sp³-hybridized carbons (Fsp3) is 0.200. The standard InChI is InChI=1S/C15H16Br2N2/c1-2-10-3-5-11(6-4-10)15(19-18)12-7-13(16)9-14(17)8-12/h3-9,15,19H,2,18H2,1H3. The average molecular weight is 384 g/mol. The molecule has 0 aliphatic carbocycles. The second-order valence-electron chi connectivity index (χ2n) is 4.40. The van der Waals surface area contributed by atoms with Crippen LogP contribution in [0.4, 0.5) is 0 Å². The number of benzene rings is 2. The van der Waals surface area contributed by atoms with Crippen molar-refractivity contribution < 1.29 is 0 Å². The summed E-state index contributed by atoms with van der Waals surface area (Å²) < 4.78 is 2.06. The Hall–Kier alpha value is -0.680. The molecule has 0 spiro atoms. The zero-order chi connectivity index (χ0) is 13.8. The normalized spacial score (nSPS) is 12.4. The van der Waals surface area contributed by atoms with Crippen molar-refractivity contribution in [3.63, 3.8) is 0 Å². The predicted molar refractivity (Wildman–Crippen MR) is 86.8 cm³/mol. The van der Waals surface area contributed by atoms with E-state index < -0.39 is 0 Å². The maximum absolute atomic E-state index is 5.73. The third kappa shape index (κ3) is 3.66. The van der Waals surface area contributed by atoms with Gasteiger partial charge in [-0.3, -0.25) is 5.84 Å². The van der Waals surface area contributed by atoms with Gasteiger partial charge in [0.25, 0.3) is 0 Å². The first-order valence-electron chi connectivity index (χ1n) is 6.15. The Balaban J connectivity index is 2.37. The summed E-state index contributed by atoms with van der Waals surface area (Å²) >= 11 is 7.01. The number of nitrogens with one attached hydrogen (secondary N) is 1. The Labute approximate surface area is 130 Å². The predicted octanol–water partition coefficient (Wildman–Crippen LogP) is 4.33. The molecule has 4 heteroatoms. The molecule has 0 heterocycles. The zero-order valence-corrected chi connectivity index (χ0v) is 13.8. The van der Waals surface area contributed by atoms with Gasteiger partial charge in [-0.05, 0) is 41.3 Å². The minimum absolute atomic E-state index is 0.0142. The lowest BCUT2D eigenvalue weighted by atomic mass is 9.98. The SMILES string of the molecule is CCc1ccc(C(NN)c2cc(Br)cc(Br)c2)cc1. The first-order chi connectivity index (χ1) is 9.13. The van der Waals surface area contributed by atoms with E-state index >= 15 is 0 Å². The second-order valence-corrected chi connectivity index (χ2v) is 6.23. The highest BCUT2D eigenvalue weighted by atomic mass is 79.9. The summed E-state index contributed by atoms with van der Waals surface area (Å²) in [5.74, 6) is 5.73. The molecule has 1 unspecified atom stereocenters. The Morgan fingerprint density at radius 1 is 1.00 bits per heavy atom. The number of hydrogen-bond donors (Lipinski definition) is 2. The van der Waals surface area contributed by atoms with Gasteiger partial charge < -0.3 is 0 Å². The Morgan fingerprint density at radius 3 is 2.05 bits per heavy atom. The van der Waals surface area contributed by atoms with Crippen LogP contribution in [0, 0.1) is 0 Å². The summed E-state index contributed by atoms with van der Waals surface area (Å²) in [7, 11) is 0. The number of nitrogens with two attached hydrogens (primary N) is 1. The lowest BCUT2D eigenvalue weighted by Crippen LogP contribution is -2.28. The van der Waals surface area contributed by atoms with Gasteiger partial charge in [0, 0.05) is 8.95 Å². The molecule has 0 saturated heterocycles. The van der Waals surface area contributed by atoms with Crippen LogP contribution in [0.25, 0.3) is 0 Å². The Bertz CT molecular complexity index is 532. The van der Waals surface area contributed by atoms with E-state index in [1.54, 1.807) is 0 Å². The molecule has 0 amide bonds. The van der Waals surface area contributed by atoms with Crippen molar-refractivity contribution in [1.29, 1.82) is 0 Å². The van der Waals surface area contributed by atoms with Crippen LogP contribution in [0.2, 0.25) is 0 Å². The van der Waals surface area contributed by atoms with E-state index in [0.717, 1.165) is 26.5 Å². The van der Waals surface area contributed by atoms with Crippen LogP contribution >= 0.6 is 31.9 Å². The summed E-state index contributed by atoms with van der Waals surface area (Å²) in [5, 5.41) is 0. The van der Waals surface area contributed by atoms with Crippen molar-refractivity contribution in [2.45, 2.75) is 19.4 Å². The molecule has 0 bridgehead atoms. The molecular weight excluding hydrogens is 368 g/mol. The van der Waals surface area contributed by atoms with Crippen molar-refractivity contribution >= 4 is 31.9 Å². The molecule has 0 radical (unpaired) electrons. The van der Waals surface area contributed by atoms with Crippen LogP contribution in [0.3, 0.4) is 0 Å². The Morgan fingerprint density at radius 2 is 1.58 bits per heavy atom. The first kappa shape index (κ1) is 14.7. The minimum Gasteiger partial charge on any atom is -0.271 e. The van der Waals surface area contributed by atoms with Crippen LogP contribution in [0.15, 0.2) is 51.4 Å². The van der Waals surface area contributed by atoms with Gasteiger partial charge in [-0.25, -0.2) is 5.43 Å². The number of hydrogen-bond acceptors (Lipinski definition) is 2. The number of aryl methyl sites for hydroxylation is 1. The number of hydrazine groups is 1. The molecule has 3 N–H and O–H groups in total. The van der Waals surface area contributed by atoms with Crippen molar-refractivity contribution in [1.82, 2.24) is 5.43 Å². The zero-order valence-electron chi connectivity index (χ0n) is 10.7. The molecule has 1 atom stereocenters. The minimum atomic E-state index is -0.0142. The highest BCUT2D eigenvalue weighted by Crippen LogP contribution is 2.28. The Kier molecular flexibility index (Phi) is 5.16. The van der Waals surface area contributed by atoms with Crippen molar-refractivity contribution in [3.8, 4) is 0 Å². The van der Waals surface area contributed by atoms with Gasteiger partial charge in [0.2, 0.25) is 0 Å². The molecule has 2 aromatic carbocycles. The van der Waals surface area contributed by atoms with Crippen LogP contribution in [0.1, 0.15) is 29.7 Å². The largest absolute Gasteiger partial charge is 0.271 e. The van der Waals surface area contributed by atoms with Gasteiger partial charge in [-0.15, -0.1) is 0 Å². The average Bonchev–Trinajstić information content (AvgIpc) is 2.39. The van der Waals surface area contributed by atoms with Gasteiger partial charge in [0.15, 0.2) is 0 Å². The molecule has 0 aromatic heterocycles. The van der Waals surface area contributed by atoms with Crippen LogP contribution in [-0.2, 0) is 6.42 Å². The van der Waals surface area contributed by atoms with E-state index in [1.807, 2.05) is 6.07 Å². The molecule has 0 aliphatic rings. The first-order valence-corrected chi connectivity index (χ1v) is 7.73. The summed E-state index contributed by atoms with van der Waals surface area (Å²) in [6.45, 7) is 2.15. The quantitative estimate of drug-likeness (QED) is 0.609. The molecule has 100 valence electrons. The van der Waals surface area contributed by atoms with Gasteiger partial charge in [0.05, 0.1) is 6.04 Å². The van der Waals surface area contributed by atoms with Crippen LogP contribution < -0.4 is 11.3 Å². The fourth-order valence-corrected chi connectivity index (χ4v) is 3.40. The van der Waals surface area contributed by atoms with Gasteiger partial charge in [0.1, 0.15) is 0 Å². The molecular formula is C15H16Br2N2. The highest BCUT2D eigenvalue weighted by Gasteiger charge is 2.13. The topological polar surface area (TPSA) is 38.0 Å². The van der Waals surface area contributed by atoms with Crippen LogP contribution in [-0.4, -0.2) is 0 Å². The van der Waals surface area contributed by atoms with Crippen LogP contribution in [0.5, 0.6) is 0 Å². The monoisotopic (exact) mass is 382 g/mol. The smallest absolute Gasteiger partial charge is 0.0710 e. The lowest BCUT2D eigenvalue weighted by Gasteiger charge is -2.18. The van der Waals surface area contributed by atoms with E-state index in [1.165, 1.54) is 5.56 Å². The maximum atomic E-state index is 5.73. The molecule has 2 aromatic rings. The van der Waals surface area contributed by atoms with Gasteiger partial charge in [-0.1, -0.05) is 63.0 Å². The van der Waals surface area contributed by atoms with Crippen molar-refractivity contribution in [3.05, 3.63) is 68.1 Å². The second kappa shape index (κ2) is 6.66. The maximum Gasteiger partial charge on any atom is 0.0710 e. The molecule has 0 fully saturated rings. The molecule has 0 aliphatic heterocycles. The number of halogens is 2. The molecule has 19 heavy (non-hydrogen) atoms. The van der Waals surface area contributed by atoms with E-state index in [4.69, 9.17) is 5.84 Å².